The van der Waals surface area contributed by atoms with Gasteiger partial charge in [0.05, 0.1) is 24.0 Å². The first-order valence-corrected chi connectivity index (χ1v) is 8.24. The molecule has 6 nitrogen and oxygen atoms in total. The summed E-state index contributed by atoms with van der Waals surface area (Å²) < 4.78 is 38.9. The Morgan fingerprint density at radius 2 is 2.00 bits per heavy atom. The van der Waals surface area contributed by atoms with Crippen LogP contribution in [0.15, 0.2) is 42.9 Å². The third-order valence-corrected chi connectivity index (χ3v) is 4.13. The molecule has 27 heavy (non-hydrogen) atoms. The zero-order chi connectivity index (χ0) is 19.6. The molecule has 142 valence electrons. The monoisotopic (exact) mass is 397 g/mol. The summed E-state index contributed by atoms with van der Waals surface area (Å²) in [5.41, 5.74) is 1.52. The number of benzene rings is 1. The van der Waals surface area contributed by atoms with Gasteiger partial charge in [0.2, 0.25) is 0 Å². The van der Waals surface area contributed by atoms with Gasteiger partial charge in [-0.1, -0.05) is 23.7 Å². The summed E-state index contributed by atoms with van der Waals surface area (Å²) in [6.45, 7) is -1.24. The van der Waals surface area contributed by atoms with Crippen LogP contribution >= 0.6 is 11.6 Å². The molecule has 0 saturated heterocycles. The van der Waals surface area contributed by atoms with Crippen molar-refractivity contribution in [3.63, 3.8) is 0 Å². The number of imidazole rings is 1. The van der Waals surface area contributed by atoms with Gasteiger partial charge in [0, 0.05) is 30.0 Å². The lowest BCUT2D eigenvalue weighted by atomic mass is 10.1. The summed E-state index contributed by atoms with van der Waals surface area (Å²) in [5, 5.41) is 7.24. The highest BCUT2D eigenvalue weighted by Gasteiger charge is 2.29. The Kier molecular flexibility index (Phi) is 5.22. The Morgan fingerprint density at radius 1 is 1.30 bits per heavy atom. The average Bonchev–Trinajstić information content (AvgIpc) is 3.23. The molecule has 10 heteroatoms. The molecule has 0 aliphatic rings. The number of hydrogen-bond acceptors (Lipinski definition) is 3. The molecule has 0 fully saturated rings. The van der Waals surface area contributed by atoms with Crippen LogP contribution in [0.4, 0.5) is 13.2 Å². The van der Waals surface area contributed by atoms with Gasteiger partial charge < -0.3 is 9.47 Å². The van der Waals surface area contributed by atoms with Crippen LogP contribution in [0.1, 0.15) is 16.2 Å². The molecular formula is C17H15ClF3N5O. The molecule has 1 aromatic carbocycles. The summed E-state index contributed by atoms with van der Waals surface area (Å²) in [6, 6.07) is 6.85. The molecule has 0 radical (unpaired) electrons. The number of carbonyl (C=O) groups excluding carboxylic acids is 1. The van der Waals surface area contributed by atoms with E-state index in [4.69, 9.17) is 11.6 Å². The number of aromatic amines is 1. The molecule has 0 saturated carbocycles. The molecule has 3 aromatic rings. The number of nitrogens with one attached hydrogen (secondary N) is 1. The van der Waals surface area contributed by atoms with Crippen molar-refractivity contribution in [2.24, 2.45) is 0 Å². The van der Waals surface area contributed by atoms with E-state index < -0.39 is 18.6 Å². The topological polar surface area (TPSA) is 66.8 Å². The third kappa shape index (κ3) is 4.48. The number of nitrogens with zero attached hydrogens (tertiary/aromatic N) is 4. The second kappa shape index (κ2) is 7.43. The summed E-state index contributed by atoms with van der Waals surface area (Å²) in [4.78, 5) is 18.0. The maximum absolute atomic E-state index is 12.8. The number of rotatable bonds is 5. The molecule has 0 aliphatic carbocycles. The van der Waals surface area contributed by atoms with Crippen molar-refractivity contribution in [1.82, 2.24) is 24.6 Å². The molecular weight excluding hydrogens is 383 g/mol. The summed E-state index contributed by atoms with van der Waals surface area (Å²) >= 11 is 5.88. The van der Waals surface area contributed by atoms with Crippen molar-refractivity contribution < 1.29 is 18.0 Å². The molecule has 2 aromatic heterocycles. The Morgan fingerprint density at radius 3 is 2.67 bits per heavy atom. The maximum Gasteiger partial charge on any atom is 0.406 e. The second-order valence-corrected chi connectivity index (χ2v) is 6.35. The number of hydrogen-bond donors (Lipinski definition) is 1. The van der Waals surface area contributed by atoms with Gasteiger partial charge in [-0.15, -0.1) is 0 Å². The van der Waals surface area contributed by atoms with Crippen LogP contribution in [0, 0.1) is 0 Å². The molecule has 3 rings (SSSR count). The van der Waals surface area contributed by atoms with Crippen LogP contribution in [-0.4, -0.2) is 43.8 Å². The van der Waals surface area contributed by atoms with Crippen LogP contribution in [0.5, 0.6) is 0 Å². The van der Waals surface area contributed by atoms with Crippen LogP contribution in [0.2, 0.25) is 5.02 Å². The highest BCUT2D eigenvalue weighted by molar-refractivity contribution is 6.30. The Balaban J connectivity index is 1.79. The van der Waals surface area contributed by atoms with Crippen molar-refractivity contribution in [2.45, 2.75) is 19.3 Å². The fourth-order valence-corrected chi connectivity index (χ4v) is 2.73. The van der Waals surface area contributed by atoms with E-state index in [1.54, 1.807) is 24.3 Å². The molecule has 0 aliphatic heterocycles. The molecule has 0 unspecified atom stereocenters. The summed E-state index contributed by atoms with van der Waals surface area (Å²) in [5.74, 6) is -0.255. The molecule has 1 N–H and O–H groups in total. The van der Waals surface area contributed by atoms with Gasteiger partial charge in [0.15, 0.2) is 0 Å². The fraction of sp³-hybridized carbons (Fsp3) is 0.235. The van der Waals surface area contributed by atoms with Gasteiger partial charge in [0.1, 0.15) is 12.4 Å². The minimum atomic E-state index is -4.37. The van der Waals surface area contributed by atoms with Gasteiger partial charge >= 0.3 is 6.18 Å². The summed E-state index contributed by atoms with van der Waals surface area (Å²) in [6.07, 6.45) is -0.482. The third-order valence-electron chi connectivity index (χ3n) is 3.88. The molecule has 0 spiro atoms. The first-order chi connectivity index (χ1) is 12.7. The van der Waals surface area contributed by atoms with Crippen molar-refractivity contribution in [3.05, 3.63) is 59.3 Å². The highest BCUT2D eigenvalue weighted by Crippen LogP contribution is 2.24. The van der Waals surface area contributed by atoms with E-state index in [2.05, 4.69) is 15.2 Å². The van der Waals surface area contributed by atoms with Gasteiger partial charge in [-0.25, -0.2) is 4.98 Å². The van der Waals surface area contributed by atoms with E-state index in [0.29, 0.717) is 21.8 Å². The van der Waals surface area contributed by atoms with E-state index in [-0.39, 0.29) is 12.4 Å². The quantitative estimate of drug-likeness (QED) is 0.712. The number of alkyl halides is 3. The van der Waals surface area contributed by atoms with E-state index in [0.717, 1.165) is 4.57 Å². The zero-order valence-corrected chi connectivity index (χ0v) is 14.9. The number of carbonyl (C=O) groups is 1. The summed E-state index contributed by atoms with van der Waals surface area (Å²) in [7, 11) is 1.49. The van der Waals surface area contributed by atoms with Crippen molar-refractivity contribution in [3.8, 4) is 11.3 Å². The van der Waals surface area contributed by atoms with E-state index in [9.17, 15) is 18.0 Å². The highest BCUT2D eigenvalue weighted by atomic mass is 35.5. The number of amides is 1. The molecule has 1 amide bonds. The first kappa shape index (κ1) is 19.0. The van der Waals surface area contributed by atoms with Crippen molar-refractivity contribution in [2.75, 3.05) is 7.05 Å². The van der Waals surface area contributed by atoms with Gasteiger partial charge in [-0.3, -0.25) is 9.89 Å². The lowest BCUT2D eigenvalue weighted by molar-refractivity contribution is -0.141. The largest absolute Gasteiger partial charge is 0.406 e. The minimum absolute atomic E-state index is 0.0762. The minimum Gasteiger partial charge on any atom is -0.334 e. The predicted molar refractivity (Wildman–Crippen MR) is 93.1 cm³/mol. The van der Waals surface area contributed by atoms with E-state index in [1.165, 1.54) is 30.5 Å². The van der Waals surface area contributed by atoms with Crippen LogP contribution in [-0.2, 0) is 13.1 Å². The second-order valence-electron chi connectivity index (χ2n) is 5.91. The van der Waals surface area contributed by atoms with Crippen molar-refractivity contribution in [1.29, 1.82) is 0 Å². The van der Waals surface area contributed by atoms with Crippen LogP contribution in [0.25, 0.3) is 11.3 Å². The molecule has 2 heterocycles. The predicted octanol–water partition coefficient (Wildman–Crippen LogP) is 3.76. The van der Waals surface area contributed by atoms with Crippen LogP contribution in [0.3, 0.4) is 0 Å². The fourth-order valence-electron chi connectivity index (χ4n) is 2.60. The Bertz CT molecular complexity index is 933. The number of aromatic nitrogens is 4. The zero-order valence-electron chi connectivity index (χ0n) is 14.2. The standard InChI is InChI=1S/C17H15ClF3N5O/c1-25(9-14-22-6-7-26(14)10-17(19,20)21)16(27)13-8-23-24-15(13)11-2-4-12(18)5-3-11/h2-8H,9-10H2,1H3,(H,23,24). The first-order valence-electron chi connectivity index (χ1n) is 7.86. The smallest absolute Gasteiger partial charge is 0.334 e. The van der Waals surface area contributed by atoms with Gasteiger partial charge in [-0.05, 0) is 12.1 Å². The average molecular weight is 398 g/mol. The lowest BCUT2D eigenvalue weighted by Gasteiger charge is -2.18. The Hall–Kier alpha value is -2.81. The van der Waals surface area contributed by atoms with E-state index >= 15 is 0 Å². The van der Waals surface area contributed by atoms with Crippen molar-refractivity contribution >= 4 is 17.5 Å². The molecule has 0 bridgehead atoms. The van der Waals surface area contributed by atoms with Gasteiger partial charge in [-0.2, -0.15) is 18.3 Å². The molecule has 0 atom stereocenters. The van der Waals surface area contributed by atoms with Crippen LogP contribution < -0.4 is 0 Å². The van der Waals surface area contributed by atoms with Gasteiger partial charge in [0.25, 0.3) is 5.91 Å². The Labute approximate surface area is 157 Å². The normalized spacial score (nSPS) is 11.6. The SMILES string of the molecule is CN(Cc1nccn1CC(F)(F)F)C(=O)c1cn[nH]c1-c1ccc(Cl)cc1. The maximum atomic E-state index is 12.8. The lowest BCUT2D eigenvalue weighted by Crippen LogP contribution is -2.29. The number of halogens is 4. The van der Waals surface area contributed by atoms with E-state index in [1.807, 2.05) is 0 Å². The number of H-pyrrole nitrogens is 1.